The van der Waals surface area contributed by atoms with E-state index in [-0.39, 0.29) is 23.7 Å². The molecule has 1 aromatic rings. The van der Waals surface area contributed by atoms with Crippen molar-refractivity contribution in [1.29, 1.82) is 0 Å². The summed E-state index contributed by atoms with van der Waals surface area (Å²) in [6.07, 6.45) is 3.99. The molecule has 1 amide bonds. The van der Waals surface area contributed by atoms with Crippen molar-refractivity contribution in [3.63, 3.8) is 0 Å². The van der Waals surface area contributed by atoms with Crippen molar-refractivity contribution >= 4 is 11.9 Å². The molecule has 0 radical (unpaired) electrons. The van der Waals surface area contributed by atoms with E-state index in [1.165, 1.54) is 7.11 Å². The van der Waals surface area contributed by atoms with E-state index in [2.05, 4.69) is 5.32 Å². The van der Waals surface area contributed by atoms with Crippen LogP contribution in [-0.4, -0.2) is 25.5 Å². The van der Waals surface area contributed by atoms with E-state index >= 15 is 0 Å². The third kappa shape index (κ3) is 3.84. The van der Waals surface area contributed by atoms with Gasteiger partial charge in [0.2, 0.25) is 0 Å². The van der Waals surface area contributed by atoms with Gasteiger partial charge in [-0.25, -0.2) is 0 Å². The zero-order valence-electron chi connectivity index (χ0n) is 12.7. The second kappa shape index (κ2) is 7.25. The van der Waals surface area contributed by atoms with E-state index in [1.807, 2.05) is 31.2 Å². The third-order valence-corrected chi connectivity index (χ3v) is 4.33. The highest BCUT2D eigenvalue weighted by molar-refractivity contribution is 5.95. The first kappa shape index (κ1) is 15.5. The molecule has 114 valence electrons. The minimum absolute atomic E-state index is 0.0673. The maximum absolute atomic E-state index is 12.2. The second-order valence-corrected chi connectivity index (χ2v) is 5.70. The molecule has 1 N–H and O–H groups in total. The van der Waals surface area contributed by atoms with Gasteiger partial charge in [-0.15, -0.1) is 0 Å². The van der Waals surface area contributed by atoms with Crippen molar-refractivity contribution in [2.75, 3.05) is 13.7 Å². The number of carbonyl (C=O) groups excluding carboxylic acids is 2. The Bertz CT molecular complexity index is 513. The fourth-order valence-electron chi connectivity index (χ4n) is 3.06. The van der Waals surface area contributed by atoms with Gasteiger partial charge in [-0.3, -0.25) is 9.59 Å². The van der Waals surface area contributed by atoms with E-state index in [4.69, 9.17) is 4.74 Å². The number of nitrogens with one attached hydrogen (secondary N) is 1. The van der Waals surface area contributed by atoms with Crippen LogP contribution in [0, 0.1) is 18.8 Å². The van der Waals surface area contributed by atoms with Gasteiger partial charge >= 0.3 is 5.97 Å². The van der Waals surface area contributed by atoms with Gasteiger partial charge in [-0.2, -0.15) is 0 Å². The number of benzene rings is 1. The van der Waals surface area contributed by atoms with Crippen molar-refractivity contribution < 1.29 is 14.3 Å². The molecular weight excluding hydrogens is 266 g/mol. The largest absolute Gasteiger partial charge is 0.469 e. The molecule has 2 unspecified atom stereocenters. The van der Waals surface area contributed by atoms with Gasteiger partial charge < -0.3 is 10.1 Å². The lowest BCUT2D eigenvalue weighted by molar-refractivity contribution is -0.148. The highest BCUT2D eigenvalue weighted by atomic mass is 16.5. The maximum Gasteiger partial charge on any atom is 0.309 e. The van der Waals surface area contributed by atoms with Crippen molar-refractivity contribution in [3.05, 3.63) is 35.4 Å². The summed E-state index contributed by atoms with van der Waals surface area (Å²) in [5.74, 6) is -0.118. The fourth-order valence-corrected chi connectivity index (χ4v) is 3.06. The molecule has 1 aromatic carbocycles. The number of hydrogen-bond acceptors (Lipinski definition) is 3. The Balaban J connectivity index is 1.96. The van der Waals surface area contributed by atoms with Gasteiger partial charge in [0.1, 0.15) is 0 Å². The van der Waals surface area contributed by atoms with Crippen LogP contribution in [0.5, 0.6) is 0 Å². The number of carbonyl (C=O) groups is 2. The molecule has 2 rings (SSSR count). The number of aryl methyl sites for hydroxylation is 1. The smallest absolute Gasteiger partial charge is 0.309 e. The summed E-state index contributed by atoms with van der Waals surface area (Å²) in [4.78, 5) is 24.0. The monoisotopic (exact) mass is 289 g/mol. The van der Waals surface area contributed by atoms with E-state index in [0.717, 1.165) is 31.2 Å². The molecule has 4 nitrogen and oxygen atoms in total. The molecule has 0 spiro atoms. The Labute approximate surface area is 125 Å². The van der Waals surface area contributed by atoms with Crippen LogP contribution in [0.4, 0.5) is 0 Å². The van der Waals surface area contributed by atoms with E-state index < -0.39 is 0 Å². The number of rotatable bonds is 4. The summed E-state index contributed by atoms with van der Waals surface area (Å²) in [5, 5.41) is 2.97. The van der Waals surface area contributed by atoms with E-state index in [9.17, 15) is 9.59 Å². The van der Waals surface area contributed by atoms with Crippen LogP contribution in [0.1, 0.15) is 41.6 Å². The number of ether oxygens (including phenoxy) is 1. The number of hydrogen-bond donors (Lipinski definition) is 1. The lowest BCUT2D eigenvalue weighted by atomic mass is 9.79. The predicted molar refractivity (Wildman–Crippen MR) is 81.0 cm³/mol. The molecule has 0 heterocycles. The molecule has 4 heteroatoms. The Morgan fingerprint density at radius 3 is 2.67 bits per heavy atom. The van der Waals surface area contributed by atoms with Gasteiger partial charge in [0, 0.05) is 12.1 Å². The van der Waals surface area contributed by atoms with Crippen molar-refractivity contribution in [2.24, 2.45) is 11.8 Å². The van der Waals surface area contributed by atoms with Crippen LogP contribution in [0.3, 0.4) is 0 Å². The van der Waals surface area contributed by atoms with Crippen molar-refractivity contribution in [1.82, 2.24) is 5.32 Å². The van der Waals surface area contributed by atoms with Crippen molar-refractivity contribution in [3.8, 4) is 0 Å². The van der Waals surface area contributed by atoms with Gasteiger partial charge in [0.05, 0.1) is 13.0 Å². The van der Waals surface area contributed by atoms with Gasteiger partial charge in [-0.1, -0.05) is 31.0 Å². The van der Waals surface area contributed by atoms with Crippen LogP contribution in [0.15, 0.2) is 24.3 Å². The lowest BCUT2D eigenvalue weighted by Gasteiger charge is -2.29. The molecule has 1 aliphatic carbocycles. The molecule has 0 bridgehead atoms. The van der Waals surface area contributed by atoms with E-state index in [1.54, 1.807) is 0 Å². The summed E-state index contributed by atoms with van der Waals surface area (Å²) in [5.41, 5.74) is 1.66. The Kier molecular flexibility index (Phi) is 5.37. The Morgan fingerprint density at radius 2 is 1.95 bits per heavy atom. The predicted octanol–water partition coefficient (Wildman–Crippen LogP) is 2.70. The zero-order valence-corrected chi connectivity index (χ0v) is 12.7. The lowest BCUT2D eigenvalue weighted by Crippen LogP contribution is -2.37. The Hall–Kier alpha value is -1.84. The highest BCUT2D eigenvalue weighted by Crippen LogP contribution is 2.30. The zero-order chi connectivity index (χ0) is 15.2. The van der Waals surface area contributed by atoms with Gasteiger partial charge in [-0.05, 0) is 37.3 Å². The van der Waals surface area contributed by atoms with Gasteiger partial charge in [0.15, 0.2) is 0 Å². The molecule has 1 fully saturated rings. The quantitative estimate of drug-likeness (QED) is 0.867. The third-order valence-electron chi connectivity index (χ3n) is 4.33. The molecule has 0 saturated heterocycles. The summed E-state index contributed by atoms with van der Waals surface area (Å²) >= 11 is 0. The standard InChI is InChI=1S/C17H23NO3/c1-12-7-3-5-9-14(12)16(19)18-11-13-8-4-6-10-15(13)17(20)21-2/h3,5,7,9,13,15H,4,6,8,10-11H2,1-2H3,(H,18,19). The molecule has 0 aromatic heterocycles. The first-order valence-electron chi connectivity index (χ1n) is 7.55. The second-order valence-electron chi connectivity index (χ2n) is 5.70. The highest BCUT2D eigenvalue weighted by Gasteiger charge is 2.31. The number of esters is 1. The average molecular weight is 289 g/mol. The van der Waals surface area contributed by atoms with Gasteiger partial charge in [0.25, 0.3) is 5.91 Å². The summed E-state index contributed by atoms with van der Waals surface area (Å²) in [7, 11) is 1.43. The minimum atomic E-state index is -0.148. The van der Waals surface area contributed by atoms with Crippen LogP contribution in [0.25, 0.3) is 0 Å². The Morgan fingerprint density at radius 1 is 1.24 bits per heavy atom. The summed E-state index contributed by atoms with van der Waals surface area (Å²) < 4.78 is 4.88. The summed E-state index contributed by atoms with van der Waals surface area (Å²) in [6.45, 7) is 2.46. The molecule has 1 saturated carbocycles. The number of methoxy groups -OCH3 is 1. The average Bonchev–Trinajstić information content (AvgIpc) is 2.52. The maximum atomic E-state index is 12.2. The first-order valence-corrected chi connectivity index (χ1v) is 7.55. The van der Waals surface area contributed by atoms with Crippen LogP contribution < -0.4 is 5.32 Å². The molecule has 21 heavy (non-hydrogen) atoms. The molecule has 1 aliphatic rings. The minimum Gasteiger partial charge on any atom is -0.469 e. The normalized spacial score (nSPS) is 21.6. The van der Waals surface area contributed by atoms with Crippen LogP contribution in [0.2, 0.25) is 0 Å². The molecular formula is C17H23NO3. The van der Waals surface area contributed by atoms with Crippen LogP contribution >= 0.6 is 0 Å². The topological polar surface area (TPSA) is 55.4 Å². The number of amides is 1. The molecule has 0 aliphatic heterocycles. The fraction of sp³-hybridized carbons (Fsp3) is 0.529. The molecule has 2 atom stereocenters. The first-order chi connectivity index (χ1) is 10.1. The van der Waals surface area contributed by atoms with Crippen LogP contribution in [-0.2, 0) is 9.53 Å². The summed E-state index contributed by atoms with van der Waals surface area (Å²) in [6, 6.07) is 7.52. The van der Waals surface area contributed by atoms with E-state index in [0.29, 0.717) is 12.1 Å². The SMILES string of the molecule is COC(=O)C1CCCCC1CNC(=O)c1ccccc1C. The van der Waals surface area contributed by atoms with Crippen molar-refractivity contribution in [2.45, 2.75) is 32.6 Å².